The van der Waals surface area contributed by atoms with Crippen LogP contribution in [0.15, 0.2) is 22.7 Å². The van der Waals surface area contributed by atoms with Gasteiger partial charge in [0.15, 0.2) is 0 Å². The first-order valence-corrected chi connectivity index (χ1v) is 6.61. The molecule has 0 spiro atoms. The molecule has 0 aliphatic carbocycles. The summed E-state index contributed by atoms with van der Waals surface area (Å²) in [6.07, 6.45) is 0. The zero-order valence-corrected chi connectivity index (χ0v) is 12.7. The normalized spacial score (nSPS) is 11.8. The molecular formula is C13H17BrN2O3. The van der Waals surface area contributed by atoms with Crippen LogP contribution in [0, 0.1) is 12.8 Å². The second kappa shape index (κ2) is 6.56. The Bertz CT molecular complexity index is 491. The first-order valence-electron chi connectivity index (χ1n) is 5.82. The minimum atomic E-state index is -0.920. The van der Waals surface area contributed by atoms with E-state index in [1.807, 2.05) is 19.1 Å². The first kappa shape index (κ1) is 15.5. The fourth-order valence-corrected chi connectivity index (χ4v) is 2.10. The highest BCUT2D eigenvalue weighted by atomic mass is 79.9. The molecule has 1 unspecified atom stereocenters. The van der Waals surface area contributed by atoms with Gasteiger partial charge in [0, 0.05) is 18.1 Å². The molecular weight excluding hydrogens is 312 g/mol. The summed E-state index contributed by atoms with van der Waals surface area (Å²) < 4.78 is 0.792. The Hall–Kier alpha value is -1.56. The molecule has 5 nitrogen and oxygen atoms in total. The highest BCUT2D eigenvalue weighted by Crippen LogP contribution is 2.23. The van der Waals surface area contributed by atoms with Gasteiger partial charge in [0.1, 0.15) is 0 Å². The topological polar surface area (TPSA) is 69.6 Å². The zero-order chi connectivity index (χ0) is 14.6. The number of urea groups is 1. The van der Waals surface area contributed by atoms with Crippen LogP contribution in [0.2, 0.25) is 0 Å². The van der Waals surface area contributed by atoms with Crippen LogP contribution in [0.3, 0.4) is 0 Å². The Balaban J connectivity index is 2.66. The van der Waals surface area contributed by atoms with E-state index in [2.05, 4.69) is 21.2 Å². The number of carbonyl (C=O) groups excluding carboxylic acids is 1. The monoisotopic (exact) mass is 328 g/mol. The van der Waals surface area contributed by atoms with Crippen molar-refractivity contribution in [3.8, 4) is 0 Å². The number of anilines is 1. The number of nitrogens with zero attached hydrogens (tertiary/aromatic N) is 1. The summed E-state index contributed by atoms with van der Waals surface area (Å²) >= 11 is 3.37. The van der Waals surface area contributed by atoms with Gasteiger partial charge in [-0.3, -0.25) is 4.79 Å². The number of aliphatic carboxylic acids is 1. The Morgan fingerprint density at radius 2 is 2.11 bits per heavy atom. The summed E-state index contributed by atoms with van der Waals surface area (Å²) in [6, 6.07) is 5.25. The Morgan fingerprint density at radius 1 is 1.47 bits per heavy atom. The van der Waals surface area contributed by atoms with Crippen molar-refractivity contribution in [3.63, 3.8) is 0 Å². The number of hydrogen-bond donors (Lipinski definition) is 2. The van der Waals surface area contributed by atoms with Gasteiger partial charge in [-0.2, -0.15) is 0 Å². The van der Waals surface area contributed by atoms with E-state index in [0.717, 1.165) is 10.0 Å². The molecule has 0 aromatic heterocycles. The van der Waals surface area contributed by atoms with Crippen molar-refractivity contribution >= 4 is 33.6 Å². The van der Waals surface area contributed by atoms with E-state index in [4.69, 9.17) is 5.11 Å². The smallest absolute Gasteiger partial charge is 0.321 e. The van der Waals surface area contributed by atoms with Crippen LogP contribution in [-0.2, 0) is 4.79 Å². The maximum absolute atomic E-state index is 11.9. The molecule has 0 radical (unpaired) electrons. The summed E-state index contributed by atoms with van der Waals surface area (Å²) in [6.45, 7) is 3.68. The van der Waals surface area contributed by atoms with Crippen molar-refractivity contribution in [2.24, 2.45) is 5.92 Å². The average molecular weight is 329 g/mol. The van der Waals surface area contributed by atoms with Crippen molar-refractivity contribution in [1.29, 1.82) is 0 Å². The van der Waals surface area contributed by atoms with E-state index in [0.29, 0.717) is 5.69 Å². The summed E-state index contributed by atoms with van der Waals surface area (Å²) in [7, 11) is 1.57. The SMILES string of the molecule is Cc1ccc(NC(=O)N(C)CC(C)C(=O)O)c(Br)c1. The van der Waals surface area contributed by atoms with E-state index < -0.39 is 11.9 Å². The number of carbonyl (C=O) groups is 2. The largest absolute Gasteiger partial charge is 0.481 e. The lowest BCUT2D eigenvalue weighted by Gasteiger charge is -2.20. The predicted molar refractivity (Wildman–Crippen MR) is 77.3 cm³/mol. The first-order chi connectivity index (χ1) is 8.81. The van der Waals surface area contributed by atoms with Crippen LogP contribution < -0.4 is 5.32 Å². The van der Waals surface area contributed by atoms with Gasteiger partial charge in [0.25, 0.3) is 0 Å². The van der Waals surface area contributed by atoms with Gasteiger partial charge in [-0.05, 0) is 40.5 Å². The predicted octanol–water partition coefficient (Wildman–Crippen LogP) is 2.94. The highest BCUT2D eigenvalue weighted by Gasteiger charge is 2.17. The molecule has 6 heteroatoms. The van der Waals surface area contributed by atoms with Crippen molar-refractivity contribution in [3.05, 3.63) is 28.2 Å². The van der Waals surface area contributed by atoms with Gasteiger partial charge in [0.05, 0.1) is 11.6 Å². The maximum atomic E-state index is 11.9. The van der Waals surface area contributed by atoms with Gasteiger partial charge in [-0.15, -0.1) is 0 Å². The van der Waals surface area contributed by atoms with Gasteiger partial charge < -0.3 is 15.3 Å². The molecule has 0 bridgehead atoms. The number of nitrogens with one attached hydrogen (secondary N) is 1. The fourth-order valence-electron chi connectivity index (χ4n) is 1.50. The average Bonchev–Trinajstić information content (AvgIpc) is 2.32. The minimum Gasteiger partial charge on any atom is -0.481 e. The van der Waals surface area contributed by atoms with E-state index in [1.165, 1.54) is 4.90 Å². The molecule has 104 valence electrons. The molecule has 0 aliphatic rings. The fraction of sp³-hybridized carbons (Fsp3) is 0.385. The Morgan fingerprint density at radius 3 is 2.63 bits per heavy atom. The number of amides is 2. The summed E-state index contributed by atoms with van der Waals surface area (Å²) in [5, 5.41) is 11.5. The molecule has 19 heavy (non-hydrogen) atoms. The summed E-state index contributed by atoms with van der Waals surface area (Å²) in [4.78, 5) is 24.0. The number of benzene rings is 1. The third kappa shape index (κ3) is 4.55. The summed E-state index contributed by atoms with van der Waals surface area (Å²) in [5.74, 6) is -1.52. The van der Waals surface area contributed by atoms with Crippen molar-refractivity contribution in [2.75, 3.05) is 18.9 Å². The van der Waals surface area contributed by atoms with Crippen LogP contribution in [0.5, 0.6) is 0 Å². The van der Waals surface area contributed by atoms with E-state index >= 15 is 0 Å². The number of carboxylic acid groups (broad SMARTS) is 1. The molecule has 1 rings (SSSR count). The van der Waals surface area contributed by atoms with Crippen molar-refractivity contribution < 1.29 is 14.7 Å². The van der Waals surface area contributed by atoms with Crippen molar-refractivity contribution in [1.82, 2.24) is 4.90 Å². The zero-order valence-electron chi connectivity index (χ0n) is 11.1. The summed E-state index contributed by atoms with van der Waals surface area (Å²) in [5.41, 5.74) is 1.74. The number of hydrogen-bond acceptors (Lipinski definition) is 2. The van der Waals surface area contributed by atoms with E-state index in [9.17, 15) is 9.59 Å². The number of carboxylic acids is 1. The molecule has 0 heterocycles. The quantitative estimate of drug-likeness (QED) is 0.892. The lowest BCUT2D eigenvalue weighted by molar-refractivity contribution is -0.141. The van der Waals surface area contributed by atoms with E-state index in [-0.39, 0.29) is 12.6 Å². The van der Waals surface area contributed by atoms with Crippen LogP contribution in [-0.4, -0.2) is 35.6 Å². The molecule has 0 saturated heterocycles. The molecule has 0 aliphatic heterocycles. The molecule has 2 amide bonds. The number of rotatable bonds is 4. The standard InChI is InChI=1S/C13H17BrN2O3/c1-8-4-5-11(10(14)6-8)15-13(19)16(3)7-9(2)12(17)18/h4-6,9H,7H2,1-3H3,(H,15,19)(H,17,18). The van der Waals surface area contributed by atoms with E-state index in [1.54, 1.807) is 20.0 Å². The number of halogens is 1. The van der Waals surface area contributed by atoms with Crippen LogP contribution >= 0.6 is 15.9 Å². The molecule has 0 saturated carbocycles. The lowest BCUT2D eigenvalue weighted by atomic mass is 10.2. The third-order valence-corrected chi connectivity index (χ3v) is 3.34. The molecule has 1 atom stereocenters. The molecule has 1 aromatic carbocycles. The van der Waals surface area contributed by atoms with Gasteiger partial charge in [-0.25, -0.2) is 4.79 Å². The molecule has 2 N–H and O–H groups in total. The second-order valence-electron chi connectivity index (χ2n) is 4.53. The third-order valence-electron chi connectivity index (χ3n) is 2.68. The van der Waals surface area contributed by atoms with Gasteiger partial charge in [-0.1, -0.05) is 13.0 Å². The number of aryl methyl sites for hydroxylation is 1. The van der Waals surface area contributed by atoms with Crippen molar-refractivity contribution in [2.45, 2.75) is 13.8 Å². The van der Waals surface area contributed by atoms with Gasteiger partial charge in [0.2, 0.25) is 0 Å². The Kier molecular flexibility index (Phi) is 5.35. The maximum Gasteiger partial charge on any atom is 0.321 e. The second-order valence-corrected chi connectivity index (χ2v) is 5.39. The molecule has 0 fully saturated rings. The van der Waals surface area contributed by atoms with Crippen LogP contribution in [0.1, 0.15) is 12.5 Å². The minimum absolute atomic E-state index is 0.157. The van der Waals surface area contributed by atoms with Crippen LogP contribution in [0.4, 0.5) is 10.5 Å². The Labute approximate surface area is 120 Å². The van der Waals surface area contributed by atoms with Crippen LogP contribution in [0.25, 0.3) is 0 Å². The van der Waals surface area contributed by atoms with Gasteiger partial charge >= 0.3 is 12.0 Å². The highest BCUT2D eigenvalue weighted by molar-refractivity contribution is 9.10. The molecule has 1 aromatic rings. The lowest BCUT2D eigenvalue weighted by Crippen LogP contribution is -2.36.